The smallest absolute Gasteiger partial charge is 0.166 e. The van der Waals surface area contributed by atoms with Gasteiger partial charge in [-0.15, -0.1) is 0 Å². The van der Waals surface area contributed by atoms with E-state index in [0.717, 1.165) is 29.8 Å². The van der Waals surface area contributed by atoms with E-state index >= 15 is 0 Å². The van der Waals surface area contributed by atoms with Crippen LogP contribution in [0.3, 0.4) is 0 Å². The summed E-state index contributed by atoms with van der Waals surface area (Å²) in [5.41, 5.74) is 2.85. The fourth-order valence-electron chi connectivity index (χ4n) is 1.74. The molecule has 0 N–H and O–H groups in total. The van der Waals surface area contributed by atoms with Gasteiger partial charge in [0.15, 0.2) is 6.29 Å². The van der Waals surface area contributed by atoms with Gasteiger partial charge in [-0.1, -0.05) is 13.0 Å². The van der Waals surface area contributed by atoms with E-state index in [9.17, 15) is 4.79 Å². The van der Waals surface area contributed by atoms with E-state index < -0.39 is 0 Å². The van der Waals surface area contributed by atoms with Gasteiger partial charge in [0.1, 0.15) is 5.82 Å². The fraction of sp³-hybridized carbons (Fsp3) is 0.231. The van der Waals surface area contributed by atoms with Crippen molar-refractivity contribution in [2.45, 2.75) is 20.3 Å². The molecule has 3 nitrogen and oxygen atoms in total. The Morgan fingerprint density at radius 3 is 2.69 bits per heavy atom. The summed E-state index contributed by atoms with van der Waals surface area (Å²) in [6, 6.07) is 7.72. The zero-order chi connectivity index (χ0) is 11.5. The van der Waals surface area contributed by atoms with Crippen LogP contribution in [0.1, 0.15) is 28.7 Å². The minimum atomic E-state index is 0.646. The Bertz CT molecular complexity index is 497. The molecule has 0 spiro atoms. The Hall–Kier alpha value is -1.90. The molecule has 0 atom stereocenters. The largest absolute Gasteiger partial charge is 0.296 e. The van der Waals surface area contributed by atoms with Crippen molar-refractivity contribution in [2.75, 3.05) is 0 Å². The highest BCUT2D eigenvalue weighted by Crippen LogP contribution is 2.15. The summed E-state index contributed by atoms with van der Waals surface area (Å²) in [7, 11) is 0. The SMILES string of the molecule is CCc1ccc(C=O)n1-c1ccc(C)cn1. The molecule has 2 aromatic rings. The van der Waals surface area contributed by atoms with E-state index in [1.54, 1.807) is 0 Å². The normalized spacial score (nSPS) is 10.4. The molecule has 2 rings (SSSR count). The maximum Gasteiger partial charge on any atom is 0.166 e. The summed E-state index contributed by atoms with van der Waals surface area (Å²) in [4.78, 5) is 15.3. The molecule has 0 unspecified atom stereocenters. The number of nitrogens with zero attached hydrogens (tertiary/aromatic N) is 2. The molecule has 0 aliphatic carbocycles. The van der Waals surface area contributed by atoms with E-state index in [-0.39, 0.29) is 0 Å². The maximum absolute atomic E-state index is 10.9. The highest BCUT2D eigenvalue weighted by Gasteiger charge is 2.08. The maximum atomic E-state index is 10.9. The summed E-state index contributed by atoms with van der Waals surface area (Å²) in [5, 5.41) is 0. The van der Waals surface area contributed by atoms with Gasteiger partial charge in [0.2, 0.25) is 0 Å². The molecule has 0 radical (unpaired) electrons. The molecule has 2 aromatic heterocycles. The molecule has 82 valence electrons. The lowest BCUT2D eigenvalue weighted by atomic mass is 10.3. The molecule has 0 saturated carbocycles. The predicted octanol–water partition coefficient (Wildman–Crippen LogP) is 2.56. The average Bonchev–Trinajstić information content (AvgIpc) is 2.73. The first-order valence-electron chi connectivity index (χ1n) is 5.35. The second-order valence-corrected chi connectivity index (χ2v) is 3.75. The highest BCUT2D eigenvalue weighted by molar-refractivity contribution is 5.74. The number of pyridine rings is 1. The van der Waals surface area contributed by atoms with E-state index in [2.05, 4.69) is 11.9 Å². The molecule has 0 aromatic carbocycles. The third kappa shape index (κ3) is 1.76. The van der Waals surface area contributed by atoms with Gasteiger partial charge in [-0.25, -0.2) is 4.98 Å². The van der Waals surface area contributed by atoms with Gasteiger partial charge in [0, 0.05) is 11.9 Å². The summed E-state index contributed by atoms with van der Waals surface area (Å²) in [6.45, 7) is 4.06. The molecule has 2 heterocycles. The Morgan fingerprint density at radius 1 is 1.31 bits per heavy atom. The zero-order valence-electron chi connectivity index (χ0n) is 9.47. The monoisotopic (exact) mass is 214 g/mol. The third-order valence-electron chi connectivity index (χ3n) is 2.60. The van der Waals surface area contributed by atoms with Crippen LogP contribution in [0.25, 0.3) is 5.82 Å². The summed E-state index contributed by atoms with van der Waals surface area (Å²) in [5.74, 6) is 0.801. The first-order chi connectivity index (χ1) is 7.76. The number of aryl methyl sites for hydroxylation is 2. The van der Waals surface area contributed by atoms with Gasteiger partial charge in [0.25, 0.3) is 0 Å². The summed E-state index contributed by atoms with van der Waals surface area (Å²) < 4.78 is 1.90. The lowest BCUT2D eigenvalue weighted by Gasteiger charge is -2.08. The quantitative estimate of drug-likeness (QED) is 0.736. The molecule has 0 amide bonds. The second kappa shape index (κ2) is 4.31. The van der Waals surface area contributed by atoms with Crippen molar-refractivity contribution < 1.29 is 4.79 Å². The van der Waals surface area contributed by atoms with Crippen LogP contribution in [0.15, 0.2) is 30.5 Å². The van der Waals surface area contributed by atoms with Crippen LogP contribution in [-0.2, 0) is 6.42 Å². The van der Waals surface area contributed by atoms with Gasteiger partial charge in [0.05, 0.1) is 5.69 Å². The van der Waals surface area contributed by atoms with Gasteiger partial charge >= 0.3 is 0 Å². The predicted molar refractivity (Wildman–Crippen MR) is 63.1 cm³/mol. The molecular formula is C13H14N2O. The molecule has 0 bridgehead atoms. The number of aldehydes is 1. The van der Waals surface area contributed by atoms with Crippen molar-refractivity contribution in [2.24, 2.45) is 0 Å². The van der Waals surface area contributed by atoms with Crippen molar-refractivity contribution >= 4 is 6.29 Å². The van der Waals surface area contributed by atoms with Crippen molar-refractivity contribution in [3.8, 4) is 5.82 Å². The van der Waals surface area contributed by atoms with Crippen LogP contribution in [0.5, 0.6) is 0 Å². The molecule has 3 heteroatoms. The number of aromatic nitrogens is 2. The third-order valence-corrected chi connectivity index (χ3v) is 2.60. The summed E-state index contributed by atoms with van der Waals surface area (Å²) >= 11 is 0. The molecule has 16 heavy (non-hydrogen) atoms. The first-order valence-corrected chi connectivity index (χ1v) is 5.35. The van der Waals surface area contributed by atoms with Gasteiger partial charge in [-0.05, 0) is 37.1 Å². The standard InChI is InChI=1S/C13H14N2O/c1-3-11-5-6-12(9-16)15(11)13-7-4-10(2)8-14-13/h4-9H,3H2,1-2H3. The lowest BCUT2D eigenvalue weighted by molar-refractivity contribution is 0.111. The minimum Gasteiger partial charge on any atom is -0.296 e. The highest BCUT2D eigenvalue weighted by atomic mass is 16.1. The van der Waals surface area contributed by atoms with Gasteiger partial charge < -0.3 is 0 Å². The topological polar surface area (TPSA) is 34.9 Å². The van der Waals surface area contributed by atoms with Crippen LogP contribution in [0, 0.1) is 6.92 Å². The van der Waals surface area contributed by atoms with Crippen LogP contribution < -0.4 is 0 Å². The van der Waals surface area contributed by atoms with Crippen LogP contribution in [0.4, 0.5) is 0 Å². The number of carbonyl (C=O) groups excluding carboxylic acids is 1. The Balaban J connectivity index is 2.57. The van der Waals surface area contributed by atoms with Crippen LogP contribution in [0.2, 0.25) is 0 Å². The molecule has 0 saturated heterocycles. The van der Waals surface area contributed by atoms with Gasteiger partial charge in [-0.3, -0.25) is 9.36 Å². The lowest BCUT2D eigenvalue weighted by Crippen LogP contribution is -2.05. The number of hydrogen-bond donors (Lipinski definition) is 0. The zero-order valence-corrected chi connectivity index (χ0v) is 9.47. The summed E-state index contributed by atoms with van der Waals surface area (Å²) in [6.07, 6.45) is 3.55. The molecular weight excluding hydrogens is 200 g/mol. The molecule has 0 aliphatic rings. The van der Waals surface area contributed by atoms with E-state index in [0.29, 0.717) is 5.69 Å². The van der Waals surface area contributed by atoms with Crippen molar-refractivity contribution in [3.63, 3.8) is 0 Å². The van der Waals surface area contributed by atoms with E-state index in [1.165, 1.54) is 0 Å². The fourth-order valence-corrected chi connectivity index (χ4v) is 1.74. The number of rotatable bonds is 3. The Morgan fingerprint density at radius 2 is 2.12 bits per heavy atom. The number of carbonyl (C=O) groups is 1. The molecule has 0 fully saturated rings. The van der Waals surface area contributed by atoms with Gasteiger partial charge in [-0.2, -0.15) is 0 Å². The van der Waals surface area contributed by atoms with E-state index in [1.807, 2.05) is 42.0 Å². The molecule has 0 aliphatic heterocycles. The second-order valence-electron chi connectivity index (χ2n) is 3.75. The number of hydrogen-bond acceptors (Lipinski definition) is 2. The van der Waals surface area contributed by atoms with Crippen LogP contribution >= 0.6 is 0 Å². The van der Waals surface area contributed by atoms with Crippen LogP contribution in [-0.4, -0.2) is 15.8 Å². The Labute approximate surface area is 94.7 Å². The average molecular weight is 214 g/mol. The van der Waals surface area contributed by atoms with Crippen molar-refractivity contribution in [1.82, 2.24) is 9.55 Å². The van der Waals surface area contributed by atoms with Crippen molar-refractivity contribution in [1.29, 1.82) is 0 Å². The first kappa shape index (κ1) is 10.6. The Kier molecular flexibility index (Phi) is 2.86. The van der Waals surface area contributed by atoms with E-state index in [4.69, 9.17) is 0 Å². The van der Waals surface area contributed by atoms with Crippen molar-refractivity contribution in [3.05, 3.63) is 47.4 Å². The minimum absolute atomic E-state index is 0.646.